The molecular weight excluding hydrogens is 691 g/mol. The number of allylic oxidation sites excluding steroid dienone is 7. The summed E-state index contributed by atoms with van der Waals surface area (Å²) in [6.45, 7) is 4.21. The molecule has 0 rings (SSSR count). The Bertz CT molecular complexity index is 912. The van der Waals surface area contributed by atoms with Crippen molar-refractivity contribution < 1.29 is 20.1 Å². The van der Waals surface area contributed by atoms with Crippen LogP contribution in [0.2, 0.25) is 0 Å². The van der Waals surface area contributed by atoms with E-state index in [4.69, 9.17) is 0 Å². The van der Waals surface area contributed by atoms with Crippen LogP contribution in [-0.2, 0) is 4.79 Å². The Kier molecular flexibility index (Phi) is 44.6. The second-order valence-corrected chi connectivity index (χ2v) is 16.7. The second kappa shape index (κ2) is 46.0. The minimum atomic E-state index is -0.963. The number of carbonyl (C=O) groups is 1. The lowest BCUT2D eigenvalue weighted by Crippen LogP contribution is -2.45. The molecule has 0 bridgehead atoms. The fraction of sp³-hybridized carbons (Fsp3) is 0.824. The van der Waals surface area contributed by atoms with Crippen LogP contribution in [0.5, 0.6) is 0 Å². The summed E-state index contributed by atoms with van der Waals surface area (Å²) in [5.41, 5.74) is 0. The number of aliphatic hydroxyl groups excluding tert-OH is 3. The first-order valence-corrected chi connectivity index (χ1v) is 24.4. The molecule has 0 radical (unpaired) electrons. The maximum Gasteiger partial charge on any atom is 0.222 e. The lowest BCUT2D eigenvalue weighted by atomic mass is 10.0. The van der Waals surface area contributed by atoms with Crippen LogP contribution >= 0.6 is 0 Å². The summed E-state index contributed by atoms with van der Waals surface area (Å²) < 4.78 is 0. The fourth-order valence-electron chi connectivity index (χ4n) is 7.31. The van der Waals surface area contributed by atoms with Gasteiger partial charge in [0, 0.05) is 0 Å². The first kappa shape index (κ1) is 54.3. The molecule has 1 amide bonds. The van der Waals surface area contributed by atoms with Gasteiger partial charge >= 0.3 is 0 Å². The number of carbonyl (C=O) groups excluding carboxylic acids is 1. The Morgan fingerprint density at radius 1 is 0.446 bits per heavy atom. The molecule has 3 atom stereocenters. The smallest absolute Gasteiger partial charge is 0.222 e. The predicted octanol–water partition coefficient (Wildman–Crippen LogP) is 14.5. The average molecular weight is 786 g/mol. The van der Waals surface area contributed by atoms with Crippen molar-refractivity contribution >= 4 is 5.91 Å². The minimum Gasteiger partial charge on any atom is -0.394 e. The molecule has 0 aliphatic rings. The molecule has 0 fully saturated rings. The van der Waals surface area contributed by atoms with Gasteiger partial charge < -0.3 is 20.6 Å². The summed E-state index contributed by atoms with van der Waals surface area (Å²) >= 11 is 0. The van der Waals surface area contributed by atoms with E-state index in [1.165, 1.54) is 167 Å². The Morgan fingerprint density at radius 2 is 0.768 bits per heavy atom. The maximum atomic E-state index is 12.5. The van der Waals surface area contributed by atoms with Crippen molar-refractivity contribution in [1.82, 2.24) is 5.32 Å². The molecule has 0 heterocycles. The molecule has 3 unspecified atom stereocenters. The summed E-state index contributed by atoms with van der Waals surface area (Å²) in [5.74, 6) is -0.334. The molecule has 0 aromatic carbocycles. The van der Waals surface area contributed by atoms with Crippen molar-refractivity contribution in [3.63, 3.8) is 0 Å². The SMILES string of the molecule is CCCCCCCCCCCC/C=C\CCCCCCCC(O)CC(=O)NC(CO)C(O)/C=C/CC/C=C/CC/C=C/CCCCCCCCCCCCCC. The van der Waals surface area contributed by atoms with Crippen molar-refractivity contribution in [1.29, 1.82) is 0 Å². The van der Waals surface area contributed by atoms with Gasteiger partial charge in [-0.25, -0.2) is 0 Å². The maximum absolute atomic E-state index is 12.5. The van der Waals surface area contributed by atoms with Gasteiger partial charge in [0.15, 0.2) is 0 Å². The molecule has 0 aromatic rings. The Hall–Kier alpha value is -1.69. The highest BCUT2D eigenvalue weighted by molar-refractivity contribution is 5.76. The molecule has 4 N–H and O–H groups in total. The van der Waals surface area contributed by atoms with Crippen molar-refractivity contribution in [3.05, 3.63) is 48.6 Å². The standard InChI is InChI=1S/C51H95NO4/c1-3-5-7-9-11-13-15-17-19-21-23-24-25-27-29-31-33-35-37-39-41-43-45-50(55)49(47-53)52-51(56)46-48(54)44-42-40-38-36-34-32-30-28-26-22-20-18-16-14-12-10-8-6-4-2/h27-30,35,37,43,45,48-50,53-55H,3-26,31-34,36,38-42,44,46-47H2,1-2H3,(H,52,56)/b29-27+,30-28-,37-35+,45-43+. The van der Waals surface area contributed by atoms with Gasteiger partial charge in [0.05, 0.1) is 31.3 Å². The van der Waals surface area contributed by atoms with Crippen LogP contribution in [0, 0.1) is 0 Å². The van der Waals surface area contributed by atoms with Crippen LogP contribution in [0.4, 0.5) is 0 Å². The summed E-state index contributed by atoms with van der Waals surface area (Å²) in [4.78, 5) is 12.5. The number of amides is 1. The van der Waals surface area contributed by atoms with Crippen molar-refractivity contribution in [2.24, 2.45) is 0 Å². The third kappa shape index (κ3) is 41.9. The molecule has 0 saturated heterocycles. The monoisotopic (exact) mass is 786 g/mol. The van der Waals surface area contributed by atoms with E-state index in [0.29, 0.717) is 6.42 Å². The van der Waals surface area contributed by atoms with E-state index < -0.39 is 18.2 Å². The van der Waals surface area contributed by atoms with E-state index in [2.05, 4.69) is 55.6 Å². The zero-order chi connectivity index (χ0) is 40.8. The number of hydrogen-bond acceptors (Lipinski definition) is 4. The van der Waals surface area contributed by atoms with E-state index >= 15 is 0 Å². The van der Waals surface area contributed by atoms with Crippen LogP contribution in [0.1, 0.15) is 245 Å². The summed E-state index contributed by atoms with van der Waals surface area (Å²) in [6.07, 6.45) is 59.8. The largest absolute Gasteiger partial charge is 0.394 e. The number of rotatable bonds is 44. The molecule has 0 aromatic heterocycles. The normalized spacial score (nSPS) is 13.9. The number of aliphatic hydroxyl groups is 3. The third-order valence-corrected chi connectivity index (χ3v) is 11.1. The van der Waals surface area contributed by atoms with Gasteiger partial charge in [-0.3, -0.25) is 4.79 Å². The number of nitrogens with one attached hydrogen (secondary N) is 1. The molecule has 5 nitrogen and oxygen atoms in total. The minimum absolute atomic E-state index is 0.00381. The van der Waals surface area contributed by atoms with Gasteiger partial charge in [0.1, 0.15) is 0 Å². The molecule has 0 spiro atoms. The molecule has 56 heavy (non-hydrogen) atoms. The molecule has 0 aliphatic heterocycles. The Balaban J connectivity index is 3.72. The van der Waals surface area contributed by atoms with Gasteiger partial charge in [-0.2, -0.15) is 0 Å². The Morgan fingerprint density at radius 3 is 1.14 bits per heavy atom. The summed E-state index contributed by atoms with van der Waals surface area (Å²) in [7, 11) is 0. The molecule has 0 aliphatic carbocycles. The van der Waals surface area contributed by atoms with E-state index in [-0.39, 0.29) is 18.9 Å². The topological polar surface area (TPSA) is 89.8 Å². The number of hydrogen-bond donors (Lipinski definition) is 4. The van der Waals surface area contributed by atoms with E-state index in [0.717, 1.165) is 51.4 Å². The first-order chi connectivity index (χ1) is 27.5. The highest BCUT2D eigenvalue weighted by atomic mass is 16.3. The average Bonchev–Trinajstić information content (AvgIpc) is 3.19. The molecule has 5 heteroatoms. The zero-order valence-electron chi connectivity index (χ0n) is 37.3. The summed E-state index contributed by atoms with van der Waals surface area (Å²) in [5, 5.41) is 33.3. The van der Waals surface area contributed by atoms with Gasteiger partial charge in [0.25, 0.3) is 0 Å². The van der Waals surface area contributed by atoms with Gasteiger partial charge in [-0.05, 0) is 70.6 Å². The van der Waals surface area contributed by atoms with E-state index in [9.17, 15) is 20.1 Å². The van der Waals surface area contributed by atoms with Crippen molar-refractivity contribution in [2.75, 3.05) is 6.61 Å². The first-order valence-electron chi connectivity index (χ1n) is 24.4. The van der Waals surface area contributed by atoms with Gasteiger partial charge in [0.2, 0.25) is 5.91 Å². The highest BCUT2D eigenvalue weighted by Gasteiger charge is 2.20. The Labute approximate surface area is 348 Å². The highest BCUT2D eigenvalue weighted by Crippen LogP contribution is 2.15. The van der Waals surface area contributed by atoms with Crippen LogP contribution in [0.15, 0.2) is 48.6 Å². The van der Waals surface area contributed by atoms with E-state index in [1.807, 2.05) is 6.08 Å². The van der Waals surface area contributed by atoms with Crippen molar-refractivity contribution in [3.8, 4) is 0 Å². The quantitative estimate of drug-likeness (QED) is 0.0366. The lowest BCUT2D eigenvalue weighted by Gasteiger charge is -2.20. The zero-order valence-corrected chi connectivity index (χ0v) is 37.3. The lowest BCUT2D eigenvalue weighted by molar-refractivity contribution is -0.124. The summed E-state index contributed by atoms with van der Waals surface area (Å²) in [6, 6.07) is -0.771. The number of unbranched alkanes of at least 4 members (excludes halogenated alkanes) is 29. The fourth-order valence-corrected chi connectivity index (χ4v) is 7.31. The predicted molar refractivity (Wildman–Crippen MR) is 245 cm³/mol. The van der Waals surface area contributed by atoms with Crippen LogP contribution in [0.3, 0.4) is 0 Å². The van der Waals surface area contributed by atoms with Gasteiger partial charge in [-0.15, -0.1) is 0 Å². The molecule has 0 saturated carbocycles. The third-order valence-electron chi connectivity index (χ3n) is 11.1. The van der Waals surface area contributed by atoms with Crippen LogP contribution in [0.25, 0.3) is 0 Å². The van der Waals surface area contributed by atoms with Crippen molar-refractivity contribution in [2.45, 2.75) is 263 Å². The van der Waals surface area contributed by atoms with Crippen LogP contribution < -0.4 is 5.32 Å². The van der Waals surface area contributed by atoms with Gasteiger partial charge in [-0.1, -0.05) is 217 Å². The molecule has 328 valence electrons. The molecular formula is C51H95NO4. The van der Waals surface area contributed by atoms with Crippen LogP contribution in [-0.4, -0.2) is 46.1 Å². The second-order valence-electron chi connectivity index (χ2n) is 16.7. The van der Waals surface area contributed by atoms with E-state index in [1.54, 1.807) is 6.08 Å².